The lowest BCUT2D eigenvalue weighted by Crippen LogP contribution is -2.10. The maximum atomic E-state index is 13.2. The van der Waals surface area contributed by atoms with Gasteiger partial charge in [-0.3, -0.25) is 4.79 Å². The third-order valence-corrected chi connectivity index (χ3v) is 3.51. The lowest BCUT2D eigenvalue weighted by molar-refractivity contribution is -0.114. The number of carbonyl (C=O) groups is 1. The van der Waals surface area contributed by atoms with E-state index in [1.165, 1.54) is 19.1 Å². The Morgan fingerprint density at radius 3 is 2.52 bits per heavy atom. The zero-order valence-corrected chi connectivity index (χ0v) is 12.9. The summed E-state index contributed by atoms with van der Waals surface area (Å²) in [7, 11) is 0. The Kier molecular flexibility index (Phi) is 3.93. The van der Waals surface area contributed by atoms with Gasteiger partial charge in [-0.2, -0.15) is 5.10 Å². The second-order valence-corrected chi connectivity index (χ2v) is 5.29. The molecule has 0 radical (unpaired) electrons. The minimum absolute atomic E-state index is 0.148. The van der Waals surface area contributed by atoms with Gasteiger partial charge in [-0.1, -0.05) is 12.1 Å². The zero-order chi connectivity index (χ0) is 16.4. The minimum Gasteiger partial charge on any atom is -0.324 e. The summed E-state index contributed by atoms with van der Waals surface area (Å²) in [5.41, 5.74) is 4.12. The molecule has 5 heteroatoms. The number of anilines is 1. The second kappa shape index (κ2) is 6.04. The standard InChI is InChI=1S/C18H16FN3O/c1-12-11-20-22(18(12)14-7-9-15(19)10-8-14)17-6-4-3-5-16(17)21-13(2)23/h3-11H,1-2H3,(H,21,23). The van der Waals surface area contributed by atoms with Crippen LogP contribution in [0.5, 0.6) is 0 Å². The molecular formula is C18H16FN3O. The number of aromatic nitrogens is 2. The summed E-state index contributed by atoms with van der Waals surface area (Å²) in [6.07, 6.45) is 1.75. The summed E-state index contributed by atoms with van der Waals surface area (Å²) in [6.45, 7) is 3.41. The molecule has 0 spiro atoms. The monoisotopic (exact) mass is 309 g/mol. The van der Waals surface area contributed by atoms with Crippen LogP contribution in [-0.4, -0.2) is 15.7 Å². The Bertz CT molecular complexity index is 853. The maximum absolute atomic E-state index is 13.2. The molecule has 23 heavy (non-hydrogen) atoms. The molecule has 3 rings (SSSR count). The smallest absolute Gasteiger partial charge is 0.221 e. The number of halogens is 1. The molecule has 0 saturated heterocycles. The highest BCUT2D eigenvalue weighted by molar-refractivity contribution is 5.91. The van der Waals surface area contributed by atoms with Crippen molar-refractivity contribution < 1.29 is 9.18 Å². The third-order valence-electron chi connectivity index (χ3n) is 3.51. The number of para-hydroxylation sites is 2. The van der Waals surface area contributed by atoms with Crippen molar-refractivity contribution in [2.24, 2.45) is 0 Å². The lowest BCUT2D eigenvalue weighted by atomic mass is 10.1. The van der Waals surface area contributed by atoms with Crippen LogP contribution >= 0.6 is 0 Å². The van der Waals surface area contributed by atoms with Gasteiger partial charge in [0, 0.05) is 12.5 Å². The summed E-state index contributed by atoms with van der Waals surface area (Å²) in [6, 6.07) is 13.7. The Morgan fingerprint density at radius 2 is 1.83 bits per heavy atom. The van der Waals surface area contributed by atoms with E-state index in [1.54, 1.807) is 23.0 Å². The Morgan fingerprint density at radius 1 is 1.13 bits per heavy atom. The second-order valence-electron chi connectivity index (χ2n) is 5.29. The van der Waals surface area contributed by atoms with Gasteiger partial charge in [0.05, 0.1) is 23.3 Å². The molecule has 0 aliphatic rings. The molecule has 0 aliphatic heterocycles. The fraction of sp³-hybridized carbons (Fsp3) is 0.111. The molecule has 1 heterocycles. The lowest BCUT2D eigenvalue weighted by Gasteiger charge is -2.13. The molecule has 0 unspecified atom stereocenters. The molecule has 0 aliphatic carbocycles. The molecule has 4 nitrogen and oxygen atoms in total. The summed E-state index contributed by atoms with van der Waals surface area (Å²) in [5, 5.41) is 7.23. The summed E-state index contributed by atoms with van der Waals surface area (Å²) >= 11 is 0. The number of nitrogens with one attached hydrogen (secondary N) is 1. The first kappa shape index (κ1) is 15.0. The number of nitrogens with zero attached hydrogens (tertiary/aromatic N) is 2. The van der Waals surface area contributed by atoms with Gasteiger partial charge in [-0.15, -0.1) is 0 Å². The van der Waals surface area contributed by atoms with Crippen LogP contribution in [0.4, 0.5) is 10.1 Å². The number of hydrogen-bond donors (Lipinski definition) is 1. The van der Waals surface area contributed by atoms with Crippen LogP contribution in [0.2, 0.25) is 0 Å². The number of aryl methyl sites for hydroxylation is 1. The first-order valence-electron chi connectivity index (χ1n) is 7.24. The van der Waals surface area contributed by atoms with Crippen molar-refractivity contribution in [3.05, 3.63) is 66.1 Å². The average Bonchev–Trinajstić information content (AvgIpc) is 2.90. The molecule has 0 bridgehead atoms. The molecule has 2 aromatic carbocycles. The first-order chi connectivity index (χ1) is 11.1. The fourth-order valence-corrected chi connectivity index (χ4v) is 2.52. The highest BCUT2D eigenvalue weighted by Crippen LogP contribution is 2.29. The van der Waals surface area contributed by atoms with E-state index >= 15 is 0 Å². The summed E-state index contributed by atoms with van der Waals surface area (Å²) in [5.74, 6) is -0.430. The van der Waals surface area contributed by atoms with Gasteiger partial charge >= 0.3 is 0 Å². The van der Waals surface area contributed by atoms with Crippen LogP contribution in [0.3, 0.4) is 0 Å². The minimum atomic E-state index is -0.281. The Balaban J connectivity index is 2.16. The summed E-state index contributed by atoms with van der Waals surface area (Å²) < 4.78 is 14.9. The molecule has 1 aromatic heterocycles. The van der Waals surface area contributed by atoms with Crippen molar-refractivity contribution in [3.8, 4) is 16.9 Å². The Hall–Kier alpha value is -2.95. The number of amides is 1. The number of carbonyl (C=O) groups excluding carboxylic acids is 1. The average molecular weight is 309 g/mol. The molecule has 0 atom stereocenters. The van der Waals surface area contributed by atoms with Crippen LogP contribution in [0, 0.1) is 12.7 Å². The molecule has 1 N–H and O–H groups in total. The van der Waals surface area contributed by atoms with Gasteiger partial charge in [0.1, 0.15) is 5.82 Å². The van der Waals surface area contributed by atoms with Crippen molar-refractivity contribution in [1.82, 2.24) is 9.78 Å². The fourth-order valence-electron chi connectivity index (χ4n) is 2.52. The SMILES string of the molecule is CC(=O)Nc1ccccc1-n1ncc(C)c1-c1ccc(F)cc1. The van der Waals surface area contributed by atoms with Crippen LogP contribution in [0.25, 0.3) is 16.9 Å². The van der Waals surface area contributed by atoms with Crippen molar-refractivity contribution in [3.63, 3.8) is 0 Å². The van der Waals surface area contributed by atoms with Crippen molar-refractivity contribution in [1.29, 1.82) is 0 Å². The highest BCUT2D eigenvalue weighted by Gasteiger charge is 2.14. The van der Waals surface area contributed by atoms with Gasteiger partial charge in [0.25, 0.3) is 0 Å². The van der Waals surface area contributed by atoms with Gasteiger partial charge in [-0.25, -0.2) is 9.07 Å². The van der Waals surface area contributed by atoms with Crippen LogP contribution in [0.15, 0.2) is 54.7 Å². The quantitative estimate of drug-likeness (QED) is 0.796. The molecule has 1 amide bonds. The zero-order valence-electron chi connectivity index (χ0n) is 12.9. The normalized spacial score (nSPS) is 10.6. The van der Waals surface area contributed by atoms with Crippen molar-refractivity contribution >= 4 is 11.6 Å². The number of hydrogen-bond acceptors (Lipinski definition) is 2. The molecular weight excluding hydrogens is 293 g/mol. The third kappa shape index (κ3) is 2.99. The summed E-state index contributed by atoms with van der Waals surface area (Å²) in [4.78, 5) is 11.4. The molecule has 116 valence electrons. The highest BCUT2D eigenvalue weighted by atomic mass is 19.1. The molecule has 3 aromatic rings. The largest absolute Gasteiger partial charge is 0.324 e. The molecule has 0 saturated carbocycles. The topological polar surface area (TPSA) is 46.9 Å². The van der Waals surface area contributed by atoms with E-state index in [4.69, 9.17) is 0 Å². The van der Waals surface area contributed by atoms with Crippen LogP contribution in [0.1, 0.15) is 12.5 Å². The predicted octanol–water partition coefficient (Wildman–Crippen LogP) is 3.95. The van der Waals surface area contributed by atoms with E-state index in [2.05, 4.69) is 10.4 Å². The van der Waals surface area contributed by atoms with Gasteiger partial charge in [0.15, 0.2) is 0 Å². The van der Waals surface area contributed by atoms with Gasteiger partial charge in [0.2, 0.25) is 5.91 Å². The first-order valence-corrected chi connectivity index (χ1v) is 7.24. The predicted molar refractivity (Wildman–Crippen MR) is 88.0 cm³/mol. The number of rotatable bonds is 3. The van der Waals surface area contributed by atoms with E-state index in [0.29, 0.717) is 5.69 Å². The van der Waals surface area contributed by atoms with E-state index in [0.717, 1.165) is 22.5 Å². The van der Waals surface area contributed by atoms with E-state index < -0.39 is 0 Å². The van der Waals surface area contributed by atoms with Gasteiger partial charge in [-0.05, 0) is 48.9 Å². The van der Waals surface area contributed by atoms with E-state index in [1.807, 2.05) is 31.2 Å². The molecule has 0 fully saturated rings. The van der Waals surface area contributed by atoms with E-state index in [-0.39, 0.29) is 11.7 Å². The maximum Gasteiger partial charge on any atom is 0.221 e. The van der Waals surface area contributed by atoms with E-state index in [9.17, 15) is 9.18 Å². The Labute approximate surface area is 133 Å². The van der Waals surface area contributed by atoms with Crippen molar-refractivity contribution in [2.45, 2.75) is 13.8 Å². The van der Waals surface area contributed by atoms with Crippen LogP contribution < -0.4 is 5.32 Å². The van der Waals surface area contributed by atoms with Crippen molar-refractivity contribution in [2.75, 3.05) is 5.32 Å². The van der Waals surface area contributed by atoms with Crippen LogP contribution in [-0.2, 0) is 4.79 Å². The van der Waals surface area contributed by atoms with Gasteiger partial charge < -0.3 is 5.32 Å². The number of benzene rings is 2.